The first-order valence-corrected chi connectivity index (χ1v) is 14.9. The van der Waals surface area contributed by atoms with Gasteiger partial charge in [-0.25, -0.2) is 9.37 Å². The van der Waals surface area contributed by atoms with Gasteiger partial charge < -0.3 is 16.0 Å². The third-order valence-electron chi connectivity index (χ3n) is 8.07. The molecule has 13 heteroatoms. The molecule has 2 aliphatic rings. The number of piperazine rings is 1. The van der Waals surface area contributed by atoms with Crippen LogP contribution >= 0.6 is 37.2 Å². The van der Waals surface area contributed by atoms with E-state index in [9.17, 15) is 14.0 Å². The van der Waals surface area contributed by atoms with Crippen LogP contribution in [0.2, 0.25) is 0 Å². The van der Waals surface area contributed by atoms with Gasteiger partial charge in [0.25, 0.3) is 11.8 Å². The number of nitriles is 1. The molecule has 5 rings (SSSR count). The summed E-state index contributed by atoms with van der Waals surface area (Å²) in [6, 6.07) is 17.9. The minimum Gasteiger partial charge on any atom is -0.348 e. The quantitative estimate of drug-likeness (QED) is 0.357. The average molecular weight is 703 g/mol. The minimum absolute atomic E-state index is 0. The van der Waals surface area contributed by atoms with Crippen LogP contribution in [-0.4, -0.2) is 83.4 Å². The Balaban J connectivity index is 0.00000256. The third kappa shape index (κ3) is 10.9. The Hall–Kier alpha value is -3.74. The van der Waals surface area contributed by atoms with Crippen molar-refractivity contribution in [1.29, 1.82) is 5.26 Å². The van der Waals surface area contributed by atoms with E-state index in [1.807, 2.05) is 24.3 Å². The fourth-order valence-electron chi connectivity index (χ4n) is 5.58. The molecule has 3 aromatic rings. The summed E-state index contributed by atoms with van der Waals surface area (Å²) in [6.07, 6.45) is 3.06. The molecule has 2 fully saturated rings. The summed E-state index contributed by atoms with van der Waals surface area (Å²) in [7, 11) is 0. The number of hydrogen-bond acceptors (Lipinski definition) is 7. The highest BCUT2D eigenvalue weighted by molar-refractivity contribution is 5.98. The van der Waals surface area contributed by atoms with Gasteiger partial charge in [-0.1, -0.05) is 36.1 Å². The molecule has 9 nitrogen and oxygen atoms in total. The van der Waals surface area contributed by atoms with E-state index >= 15 is 0 Å². The Morgan fingerprint density at radius 2 is 1.47 bits per heavy atom. The largest absolute Gasteiger partial charge is 0.348 e. The third-order valence-corrected chi connectivity index (χ3v) is 8.07. The molecule has 0 atom stereocenters. The molecule has 0 saturated carbocycles. The number of piperidine rings is 1. The number of rotatable bonds is 7. The van der Waals surface area contributed by atoms with Gasteiger partial charge in [-0.05, 0) is 54.3 Å². The first-order valence-electron chi connectivity index (χ1n) is 14.9. The van der Waals surface area contributed by atoms with Crippen molar-refractivity contribution in [1.82, 2.24) is 25.0 Å². The number of pyridine rings is 1. The van der Waals surface area contributed by atoms with Crippen molar-refractivity contribution < 1.29 is 14.0 Å². The molecule has 1 aromatic heterocycles. The maximum atomic E-state index is 13.4. The Morgan fingerprint density at radius 3 is 2.04 bits per heavy atom. The van der Waals surface area contributed by atoms with E-state index in [0.717, 1.165) is 43.6 Å². The molecule has 2 aromatic carbocycles. The van der Waals surface area contributed by atoms with Crippen LogP contribution in [0.3, 0.4) is 0 Å². The van der Waals surface area contributed by atoms with Gasteiger partial charge in [0.1, 0.15) is 11.5 Å². The number of aromatic nitrogens is 1. The Kier molecular flexibility index (Phi) is 16.1. The van der Waals surface area contributed by atoms with Gasteiger partial charge in [-0.3, -0.25) is 19.4 Å². The number of hydrogen-bond donors (Lipinski definition) is 2. The number of likely N-dealkylation sites (tertiary alicyclic amines) is 1. The fourth-order valence-corrected chi connectivity index (χ4v) is 5.58. The van der Waals surface area contributed by atoms with E-state index in [-0.39, 0.29) is 73.1 Å². The van der Waals surface area contributed by atoms with Crippen molar-refractivity contribution in [2.45, 2.75) is 32.0 Å². The first-order chi connectivity index (χ1) is 21.4. The molecule has 2 amide bonds. The lowest BCUT2D eigenvalue weighted by atomic mass is 10.0. The van der Waals surface area contributed by atoms with Gasteiger partial charge >= 0.3 is 0 Å². The smallest absolute Gasteiger partial charge is 0.271 e. The van der Waals surface area contributed by atoms with Crippen LogP contribution in [-0.2, 0) is 13.1 Å². The lowest BCUT2D eigenvalue weighted by Gasteiger charge is -2.34. The Bertz CT molecular complexity index is 1570. The van der Waals surface area contributed by atoms with Crippen LogP contribution in [0.4, 0.5) is 4.39 Å². The molecule has 47 heavy (non-hydrogen) atoms. The normalized spacial score (nSPS) is 15.0. The van der Waals surface area contributed by atoms with E-state index in [4.69, 9.17) is 11.0 Å². The SMILES string of the molecule is Cl.Cl.Cl.N#Cc1ccc(CN2CCC(NC(=O)c3ncc(C(=O)N4CCN(Cc5ccc(F)cc5)CC4)cc3C#CCN)CC2)cc1. The zero-order valence-electron chi connectivity index (χ0n) is 25.9. The molecule has 0 radical (unpaired) electrons. The second-order valence-electron chi connectivity index (χ2n) is 11.2. The maximum absolute atomic E-state index is 13.4. The number of halogens is 4. The van der Waals surface area contributed by atoms with Crippen molar-refractivity contribution in [3.05, 3.63) is 100 Å². The van der Waals surface area contributed by atoms with E-state index in [2.05, 4.69) is 38.0 Å². The van der Waals surface area contributed by atoms with Gasteiger partial charge in [0.05, 0.1) is 29.3 Å². The lowest BCUT2D eigenvalue weighted by molar-refractivity contribution is 0.0627. The first kappa shape index (κ1) is 39.4. The summed E-state index contributed by atoms with van der Waals surface area (Å²) < 4.78 is 13.2. The molecule has 2 aliphatic heterocycles. The van der Waals surface area contributed by atoms with Crippen molar-refractivity contribution in [2.75, 3.05) is 45.8 Å². The van der Waals surface area contributed by atoms with E-state index in [1.165, 1.54) is 18.3 Å². The number of benzene rings is 2. The van der Waals surface area contributed by atoms with E-state index in [1.54, 1.807) is 23.1 Å². The second kappa shape index (κ2) is 19.2. The van der Waals surface area contributed by atoms with Crippen LogP contribution in [0.5, 0.6) is 0 Å². The highest BCUT2D eigenvalue weighted by Gasteiger charge is 2.26. The zero-order chi connectivity index (χ0) is 30.9. The molecular formula is C34H39Cl3FN7O2. The maximum Gasteiger partial charge on any atom is 0.271 e. The molecule has 250 valence electrons. The highest BCUT2D eigenvalue weighted by Crippen LogP contribution is 2.18. The summed E-state index contributed by atoms with van der Waals surface area (Å²) in [4.78, 5) is 37.4. The topological polar surface area (TPSA) is 119 Å². The number of carbonyl (C=O) groups is 2. The van der Waals surface area contributed by atoms with E-state index in [0.29, 0.717) is 49.4 Å². The zero-order valence-corrected chi connectivity index (χ0v) is 28.3. The molecule has 0 unspecified atom stereocenters. The van der Waals surface area contributed by atoms with Gasteiger partial charge in [-0.2, -0.15) is 5.26 Å². The lowest BCUT2D eigenvalue weighted by Crippen LogP contribution is -2.48. The molecule has 0 bridgehead atoms. The summed E-state index contributed by atoms with van der Waals surface area (Å²) in [5, 5.41) is 12.1. The highest BCUT2D eigenvalue weighted by atomic mass is 35.5. The molecule has 0 aliphatic carbocycles. The van der Waals surface area contributed by atoms with Crippen molar-refractivity contribution in [3.8, 4) is 17.9 Å². The summed E-state index contributed by atoms with van der Waals surface area (Å²) in [5.74, 6) is 5.01. The Morgan fingerprint density at radius 1 is 0.894 bits per heavy atom. The van der Waals surface area contributed by atoms with Crippen molar-refractivity contribution in [3.63, 3.8) is 0 Å². The second-order valence-corrected chi connectivity index (χ2v) is 11.2. The minimum atomic E-state index is -0.315. The summed E-state index contributed by atoms with van der Waals surface area (Å²) in [6.45, 7) is 5.78. The van der Waals surface area contributed by atoms with Crippen molar-refractivity contribution in [2.24, 2.45) is 5.73 Å². The number of nitrogens with one attached hydrogen (secondary N) is 1. The summed E-state index contributed by atoms with van der Waals surface area (Å²) in [5.41, 5.74) is 9.39. The van der Waals surface area contributed by atoms with Gasteiger partial charge in [0.15, 0.2) is 0 Å². The Labute approximate surface area is 293 Å². The average Bonchev–Trinajstić information content (AvgIpc) is 3.06. The van der Waals surface area contributed by atoms with Crippen LogP contribution in [0.25, 0.3) is 0 Å². The predicted molar refractivity (Wildman–Crippen MR) is 186 cm³/mol. The summed E-state index contributed by atoms with van der Waals surface area (Å²) >= 11 is 0. The van der Waals surface area contributed by atoms with Crippen LogP contribution in [0, 0.1) is 29.0 Å². The molecular weight excluding hydrogens is 664 g/mol. The molecule has 2 saturated heterocycles. The van der Waals surface area contributed by atoms with E-state index < -0.39 is 0 Å². The van der Waals surface area contributed by atoms with Gasteiger partial charge in [0, 0.05) is 64.6 Å². The number of nitrogens with zero attached hydrogens (tertiary/aromatic N) is 5. The standard InChI is InChI=1S/C34H36FN7O2.3ClH/c35-30-9-7-27(8-10-30)24-41-16-18-42(19-17-41)34(44)29-20-28(2-1-13-36)32(38-22-29)33(43)39-31-11-14-40(15-12-31)23-26-5-3-25(21-37)4-6-26;;;/h3-10,20,22,31H,11-19,23-24,36H2,(H,39,43);3*1H. The monoisotopic (exact) mass is 701 g/mol. The van der Waals surface area contributed by atoms with Gasteiger partial charge in [0.2, 0.25) is 0 Å². The number of nitrogens with two attached hydrogens (primary N) is 1. The molecule has 3 N–H and O–H groups in total. The molecule has 0 spiro atoms. The van der Waals surface area contributed by atoms with Crippen molar-refractivity contribution >= 4 is 49.0 Å². The number of amides is 2. The van der Waals surface area contributed by atoms with Crippen LogP contribution < -0.4 is 11.1 Å². The predicted octanol–water partition coefficient (Wildman–Crippen LogP) is 4.02. The molecule has 3 heterocycles. The fraction of sp³-hybridized carbons (Fsp3) is 0.353. The van der Waals surface area contributed by atoms with Gasteiger partial charge in [-0.15, -0.1) is 37.2 Å². The number of carbonyl (C=O) groups excluding carboxylic acids is 2. The van der Waals surface area contributed by atoms with Crippen LogP contribution in [0.15, 0.2) is 60.8 Å². The van der Waals surface area contributed by atoms with Crippen LogP contribution in [0.1, 0.15) is 55.9 Å².